The van der Waals surface area contributed by atoms with Crippen LogP contribution in [0.3, 0.4) is 0 Å². The minimum absolute atomic E-state index is 0.0493. The van der Waals surface area contributed by atoms with Crippen LogP contribution in [0, 0.1) is 5.82 Å². The van der Waals surface area contributed by atoms with Crippen molar-refractivity contribution < 1.29 is 22.7 Å². The van der Waals surface area contributed by atoms with Crippen LogP contribution in [0.1, 0.15) is 36.1 Å². The lowest BCUT2D eigenvalue weighted by Crippen LogP contribution is -2.20. The highest BCUT2D eigenvalue weighted by atomic mass is 19.4. The van der Waals surface area contributed by atoms with Crippen LogP contribution in [0.25, 0.3) is 22.2 Å². The third kappa shape index (κ3) is 5.57. The van der Waals surface area contributed by atoms with Crippen molar-refractivity contribution in [2.24, 2.45) is 0 Å². The number of fused-ring (bicyclic) bond motifs is 1. The second kappa shape index (κ2) is 10.2. The quantitative estimate of drug-likeness (QED) is 0.137. The van der Waals surface area contributed by atoms with E-state index in [-0.39, 0.29) is 17.2 Å². The first-order chi connectivity index (χ1) is 18.6. The molecule has 0 spiro atoms. The van der Waals surface area contributed by atoms with Crippen molar-refractivity contribution in [1.29, 1.82) is 0 Å². The maximum absolute atomic E-state index is 13.3. The van der Waals surface area contributed by atoms with Gasteiger partial charge >= 0.3 is 6.18 Å². The Balaban J connectivity index is 1.38. The molecule has 3 aromatic heterocycles. The van der Waals surface area contributed by atoms with E-state index >= 15 is 0 Å². The molecule has 9 nitrogen and oxygen atoms in total. The molecule has 6 N–H and O–H groups in total. The van der Waals surface area contributed by atoms with Crippen molar-refractivity contribution in [2.45, 2.75) is 25.4 Å². The Bertz CT molecular complexity index is 1600. The number of halogens is 4. The van der Waals surface area contributed by atoms with Crippen LogP contribution in [0.5, 0.6) is 0 Å². The molecule has 0 aliphatic rings. The third-order valence-electron chi connectivity index (χ3n) is 6.04. The molecule has 0 fully saturated rings. The fourth-order valence-corrected chi connectivity index (χ4v) is 3.95. The second-order valence-corrected chi connectivity index (χ2v) is 8.76. The van der Waals surface area contributed by atoms with Gasteiger partial charge in [0.05, 0.1) is 17.6 Å². The number of nitrogens with one attached hydrogen (secondary N) is 3. The van der Waals surface area contributed by atoms with Crippen molar-refractivity contribution in [1.82, 2.24) is 25.1 Å². The number of H-pyrrole nitrogens is 1. The Kier molecular flexibility index (Phi) is 6.74. The molecule has 0 saturated carbocycles. The smallest absolute Gasteiger partial charge is 0.382 e. The van der Waals surface area contributed by atoms with E-state index in [1.165, 1.54) is 12.1 Å². The molecule has 5 rings (SSSR count). The third-order valence-corrected chi connectivity index (χ3v) is 6.04. The van der Waals surface area contributed by atoms with Gasteiger partial charge in [-0.25, -0.2) is 19.3 Å². The normalized spacial score (nSPS) is 13.3. The van der Waals surface area contributed by atoms with E-state index in [9.17, 15) is 22.7 Å². The van der Waals surface area contributed by atoms with E-state index in [2.05, 4.69) is 35.8 Å². The second-order valence-electron chi connectivity index (χ2n) is 8.76. The molecule has 0 aliphatic carbocycles. The Morgan fingerprint density at radius 2 is 1.67 bits per heavy atom. The zero-order valence-electron chi connectivity index (χ0n) is 20.3. The van der Waals surface area contributed by atoms with E-state index in [4.69, 9.17) is 5.73 Å². The van der Waals surface area contributed by atoms with E-state index < -0.39 is 30.0 Å². The van der Waals surface area contributed by atoms with Crippen molar-refractivity contribution >= 4 is 28.4 Å². The largest absolute Gasteiger partial charge is 0.434 e. The summed E-state index contributed by atoms with van der Waals surface area (Å²) in [5.41, 5.74) is 7.60. The first kappa shape index (κ1) is 25.9. The van der Waals surface area contributed by atoms with Gasteiger partial charge in [-0.1, -0.05) is 24.3 Å². The number of pyridine rings is 1. The number of hydrogen-bond acceptors (Lipinski definition) is 8. The van der Waals surface area contributed by atoms with Crippen LogP contribution in [-0.4, -0.2) is 30.3 Å². The topological polar surface area (TPSA) is 138 Å². The van der Waals surface area contributed by atoms with Crippen LogP contribution in [-0.2, 0) is 6.18 Å². The average molecular weight is 539 g/mol. The maximum atomic E-state index is 13.3. The van der Waals surface area contributed by atoms with Crippen molar-refractivity contribution in [3.8, 4) is 11.1 Å². The molecule has 2 aromatic carbocycles. The van der Waals surface area contributed by atoms with Gasteiger partial charge in [-0.15, -0.1) is 0 Å². The number of aromatic amines is 1. The molecule has 0 bridgehead atoms. The highest BCUT2D eigenvalue weighted by Gasteiger charge is 2.35. The number of aliphatic hydroxyl groups is 1. The molecule has 0 amide bonds. The number of aromatic nitrogens is 5. The summed E-state index contributed by atoms with van der Waals surface area (Å²) in [4.78, 5) is 11.8. The molecule has 200 valence electrons. The summed E-state index contributed by atoms with van der Waals surface area (Å²) in [7, 11) is 0. The SMILES string of the molecule is C[C@@H](Nc1ncc(C(F)(F)F)nc1C(O)Nc1ccc(F)cc1)c1ccc(-c2cnc3[nH]nc(N)c3c2)cc1. The molecule has 0 radical (unpaired) electrons. The van der Waals surface area contributed by atoms with Gasteiger partial charge in [-0.2, -0.15) is 18.3 Å². The Morgan fingerprint density at radius 1 is 0.949 bits per heavy atom. The number of aliphatic hydroxyl groups excluding tert-OH is 1. The molecule has 39 heavy (non-hydrogen) atoms. The van der Waals surface area contributed by atoms with Crippen molar-refractivity contribution in [3.05, 3.63) is 89.8 Å². The summed E-state index contributed by atoms with van der Waals surface area (Å²) in [5, 5.41) is 23.7. The molecule has 3 heterocycles. The minimum Gasteiger partial charge on any atom is -0.382 e. The fourth-order valence-electron chi connectivity index (χ4n) is 3.95. The zero-order chi connectivity index (χ0) is 27.7. The van der Waals surface area contributed by atoms with Crippen LogP contribution >= 0.6 is 0 Å². The summed E-state index contributed by atoms with van der Waals surface area (Å²) >= 11 is 0. The lowest BCUT2D eigenvalue weighted by atomic mass is 10.0. The molecule has 1 unspecified atom stereocenters. The number of nitrogens with zero attached hydrogens (tertiary/aromatic N) is 4. The van der Waals surface area contributed by atoms with Crippen LogP contribution in [0.15, 0.2) is 67.0 Å². The molecule has 0 aliphatic heterocycles. The van der Waals surface area contributed by atoms with Gasteiger partial charge in [0, 0.05) is 17.4 Å². The predicted molar refractivity (Wildman–Crippen MR) is 138 cm³/mol. The molecule has 2 atom stereocenters. The fraction of sp³-hybridized carbons (Fsp3) is 0.154. The number of hydrogen-bond donors (Lipinski definition) is 5. The van der Waals surface area contributed by atoms with Gasteiger partial charge in [0.25, 0.3) is 0 Å². The molecular formula is C26H22F4N8O. The summed E-state index contributed by atoms with van der Waals surface area (Å²) in [6, 6.07) is 13.9. The Hall–Kier alpha value is -4.78. The number of anilines is 3. The Morgan fingerprint density at radius 3 is 2.36 bits per heavy atom. The number of nitrogens with two attached hydrogens (primary N) is 1. The predicted octanol–water partition coefficient (Wildman–Crippen LogP) is 5.43. The Labute approximate surface area is 219 Å². The van der Waals surface area contributed by atoms with Crippen molar-refractivity contribution in [3.63, 3.8) is 0 Å². The van der Waals surface area contributed by atoms with E-state index in [1.54, 1.807) is 13.1 Å². The van der Waals surface area contributed by atoms with Crippen LogP contribution in [0.2, 0.25) is 0 Å². The van der Waals surface area contributed by atoms with E-state index in [1.807, 2.05) is 30.3 Å². The van der Waals surface area contributed by atoms with Gasteiger partial charge in [0.2, 0.25) is 0 Å². The van der Waals surface area contributed by atoms with Gasteiger partial charge in [0.15, 0.2) is 29.2 Å². The summed E-state index contributed by atoms with van der Waals surface area (Å²) in [6.07, 6.45) is -4.15. The first-order valence-corrected chi connectivity index (χ1v) is 11.7. The monoisotopic (exact) mass is 538 g/mol. The molecule has 0 saturated heterocycles. The maximum Gasteiger partial charge on any atom is 0.434 e. The molecule has 5 aromatic rings. The number of alkyl halides is 3. The number of nitrogen functional groups attached to an aromatic ring is 1. The standard InChI is InChI=1S/C26H22F4N8O/c1-13(14-2-4-15(5-3-14)16-10-19-22(31)37-38-23(19)32-11-16)34-24-21(36-20(12-33-24)26(28,29)30)25(39)35-18-8-6-17(27)7-9-18/h2-13,25,35,39H,1H3,(H,33,34)(H3,31,32,37,38)/t13-,25?/m1/s1. The summed E-state index contributed by atoms with van der Waals surface area (Å²) < 4.78 is 53.3. The van der Waals surface area contributed by atoms with Gasteiger partial charge in [-0.3, -0.25) is 5.10 Å². The average Bonchev–Trinajstić information content (AvgIpc) is 3.29. The first-order valence-electron chi connectivity index (χ1n) is 11.7. The van der Waals surface area contributed by atoms with Gasteiger partial charge in [-0.05, 0) is 48.4 Å². The van der Waals surface area contributed by atoms with E-state index in [0.29, 0.717) is 23.0 Å². The lowest BCUT2D eigenvalue weighted by molar-refractivity contribution is -0.141. The number of benzene rings is 2. The summed E-state index contributed by atoms with van der Waals surface area (Å²) in [5.74, 6) is -0.205. The van der Waals surface area contributed by atoms with Gasteiger partial charge in [0.1, 0.15) is 11.5 Å². The highest BCUT2D eigenvalue weighted by Crippen LogP contribution is 2.32. The van der Waals surface area contributed by atoms with Gasteiger partial charge < -0.3 is 21.5 Å². The molecule has 13 heteroatoms. The zero-order valence-corrected chi connectivity index (χ0v) is 20.3. The molecular weight excluding hydrogens is 516 g/mol. The van der Waals surface area contributed by atoms with E-state index in [0.717, 1.165) is 28.8 Å². The van der Waals surface area contributed by atoms with Crippen molar-refractivity contribution in [2.75, 3.05) is 16.4 Å². The highest BCUT2D eigenvalue weighted by molar-refractivity contribution is 5.89. The minimum atomic E-state index is -4.77. The van der Waals surface area contributed by atoms with Crippen LogP contribution in [0.4, 0.5) is 34.9 Å². The number of rotatable bonds is 7. The summed E-state index contributed by atoms with van der Waals surface area (Å²) in [6.45, 7) is 1.79. The van der Waals surface area contributed by atoms with Crippen LogP contribution < -0.4 is 16.4 Å². The lowest BCUT2D eigenvalue weighted by Gasteiger charge is -2.21.